The molecule has 0 radical (unpaired) electrons. The third kappa shape index (κ3) is 3.74. The fraction of sp³-hybridized carbons (Fsp3) is 0.176. The lowest BCUT2D eigenvalue weighted by Gasteiger charge is -2.12. The molecule has 0 saturated heterocycles. The second kappa shape index (κ2) is 6.29. The number of esters is 1. The summed E-state index contributed by atoms with van der Waals surface area (Å²) in [5.41, 5.74) is -3.20. The molecule has 0 amide bonds. The number of nitrogens with zero attached hydrogens (tertiary/aromatic N) is 1. The van der Waals surface area contributed by atoms with Crippen LogP contribution < -0.4 is 0 Å². The Labute approximate surface area is 147 Å². The molecule has 10 heteroatoms. The number of hydrogen-bond donors (Lipinski definition) is 0. The van der Waals surface area contributed by atoms with Gasteiger partial charge in [0, 0.05) is 5.56 Å². The largest absolute Gasteiger partial charge is 0.465 e. The van der Waals surface area contributed by atoms with Crippen molar-refractivity contribution in [3.8, 4) is 11.5 Å². The summed E-state index contributed by atoms with van der Waals surface area (Å²) in [7, 11) is 1.15. The van der Waals surface area contributed by atoms with Crippen LogP contribution in [0.4, 0.5) is 26.3 Å². The predicted octanol–water partition coefficient (Wildman–Crippen LogP) is 5.32. The molecule has 1 heterocycles. The van der Waals surface area contributed by atoms with Crippen LogP contribution in [-0.4, -0.2) is 18.1 Å². The lowest BCUT2D eigenvalue weighted by atomic mass is 10.0. The van der Waals surface area contributed by atoms with Crippen molar-refractivity contribution in [1.29, 1.82) is 0 Å². The van der Waals surface area contributed by atoms with E-state index >= 15 is 0 Å². The minimum atomic E-state index is -4.99. The molecule has 142 valence electrons. The Morgan fingerprint density at radius 2 is 1.56 bits per heavy atom. The van der Waals surface area contributed by atoms with Gasteiger partial charge in [0.2, 0.25) is 5.89 Å². The van der Waals surface area contributed by atoms with E-state index in [9.17, 15) is 31.1 Å². The Hall–Kier alpha value is -3.04. The van der Waals surface area contributed by atoms with Gasteiger partial charge in [-0.2, -0.15) is 26.3 Å². The van der Waals surface area contributed by atoms with Crippen molar-refractivity contribution in [3.05, 3.63) is 53.1 Å². The molecule has 0 aliphatic carbocycles. The van der Waals surface area contributed by atoms with Crippen LogP contribution in [0, 0.1) is 0 Å². The number of methoxy groups -OCH3 is 1. The third-order valence-electron chi connectivity index (χ3n) is 3.64. The van der Waals surface area contributed by atoms with Crippen LogP contribution in [0.3, 0.4) is 0 Å². The van der Waals surface area contributed by atoms with Gasteiger partial charge in [0.05, 0.1) is 23.8 Å². The second-order valence-electron chi connectivity index (χ2n) is 5.49. The molecule has 3 aromatic rings. The zero-order valence-corrected chi connectivity index (χ0v) is 13.4. The highest BCUT2D eigenvalue weighted by atomic mass is 19.4. The topological polar surface area (TPSA) is 52.3 Å². The number of aromatic nitrogens is 1. The number of oxazole rings is 1. The third-order valence-corrected chi connectivity index (χ3v) is 3.64. The first-order valence-electron chi connectivity index (χ1n) is 7.28. The van der Waals surface area contributed by atoms with E-state index < -0.39 is 40.9 Å². The molecular formula is C17H9F6NO3. The van der Waals surface area contributed by atoms with Gasteiger partial charge in [-0.3, -0.25) is 0 Å². The maximum absolute atomic E-state index is 13.0. The summed E-state index contributed by atoms with van der Waals surface area (Å²) in [6, 6.07) is 4.96. The van der Waals surface area contributed by atoms with E-state index in [-0.39, 0.29) is 22.7 Å². The van der Waals surface area contributed by atoms with Gasteiger partial charge in [0.1, 0.15) is 5.52 Å². The number of carbonyl (C=O) groups excluding carboxylic acids is 1. The average Bonchev–Trinajstić information content (AvgIpc) is 3.02. The first-order chi connectivity index (χ1) is 12.5. The highest BCUT2D eigenvalue weighted by Gasteiger charge is 2.37. The summed E-state index contributed by atoms with van der Waals surface area (Å²) in [5.74, 6) is -1.13. The second-order valence-corrected chi connectivity index (χ2v) is 5.49. The maximum atomic E-state index is 13.0. The molecule has 0 aliphatic heterocycles. The summed E-state index contributed by atoms with van der Waals surface area (Å²) in [4.78, 5) is 15.4. The van der Waals surface area contributed by atoms with Crippen molar-refractivity contribution >= 4 is 17.1 Å². The van der Waals surface area contributed by atoms with E-state index in [2.05, 4.69) is 9.72 Å². The number of fused-ring (bicyclic) bond motifs is 1. The van der Waals surface area contributed by atoms with Crippen molar-refractivity contribution in [3.63, 3.8) is 0 Å². The minimum Gasteiger partial charge on any atom is -0.465 e. The summed E-state index contributed by atoms with van der Waals surface area (Å²) < 4.78 is 87.6. The summed E-state index contributed by atoms with van der Waals surface area (Å²) >= 11 is 0. The fourth-order valence-corrected chi connectivity index (χ4v) is 2.37. The highest BCUT2D eigenvalue weighted by molar-refractivity contribution is 5.93. The van der Waals surface area contributed by atoms with Gasteiger partial charge in [0.25, 0.3) is 0 Å². The lowest BCUT2D eigenvalue weighted by Crippen LogP contribution is -2.11. The molecule has 0 spiro atoms. The summed E-state index contributed by atoms with van der Waals surface area (Å²) in [6.07, 6.45) is -9.97. The standard InChI is InChI=1S/C17H9F6NO3/c1-26-15(25)8-2-3-12-13(6-8)27-14(24-12)9-4-10(16(18,19)20)7-11(5-9)17(21,22)23/h2-7H,1H3. The van der Waals surface area contributed by atoms with Gasteiger partial charge in [-0.05, 0) is 36.4 Å². The molecule has 27 heavy (non-hydrogen) atoms. The molecule has 0 N–H and O–H groups in total. The summed E-state index contributed by atoms with van der Waals surface area (Å²) in [6.45, 7) is 0. The quantitative estimate of drug-likeness (QED) is 0.440. The van der Waals surface area contributed by atoms with E-state index in [0.717, 1.165) is 7.11 Å². The zero-order valence-electron chi connectivity index (χ0n) is 13.4. The van der Waals surface area contributed by atoms with Gasteiger partial charge in [0.15, 0.2) is 5.58 Å². The number of benzene rings is 2. The normalized spacial score (nSPS) is 12.4. The van der Waals surface area contributed by atoms with Gasteiger partial charge < -0.3 is 9.15 Å². The molecule has 1 aromatic heterocycles. The molecule has 0 atom stereocenters. The SMILES string of the molecule is COC(=O)c1ccc2nc(-c3cc(C(F)(F)F)cc(C(F)(F)F)c3)oc2c1. The van der Waals surface area contributed by atoms with Gasteiger partial charge in [-0.15, -0.1) is 0 Å². The molecule has 0 saturated carbocycles. The van der Waals surface area contributed by atoms with Crippen molar-refractivity contribution in [1.82, 2.24) is 4.98 Å². The van der Waals surface area contributed by atoms with Crippen LogP contribution in [0.5, 0.6) is 0 Å². The van der Waals surface area contributed by atoms with Crippen LogP contribution in [0.25, 0.3) is 22.6 Å². The van der Waals surface area contributed by atoms with E-state index in [0.29, 0.717) is 12.1 Å². The first-order valence-corrected chi connectivity index (χ1v) is 7.28. The highest BCUT2D eigenvalue weighted by Crippen LogP contribution is 2.39. The predicted molar refractivity (Wildman–Crippen MR) is 80.8 cm³/mol. The number of alkyl halides is 6. The Bertz CT molecular complexity index is 987. The Morgan fingerprint density at radius 3 is 2.07 bits per heavy atom. The van der Waals surface area contributed by atoms with E-state index in [1.165, 1.54) is 18.2 Å². The Kier molecular flexibility index (Phi) is 4.37. The zero-order chi connectivity index (χ0) is 20.0. The maximum Gasteiger partial charge on any atom is 0.416 e. The fourth-order valence-electron chi connectivity index (χ4n) is 2.37. The molecular weight excluding hydrogens is 380 g/mol. The van der Waals surface area contributed by atoms with Crippen LogP contribution in [0.2, 0.25) is 0 Å². The van der Waals surface area contributed by atoms with E-state index in [4.69, 9.17) is 4.42 Å². The number of hydrogen-bond acceptors (Lipinski definition) is 4. The molecule has 3 rings (SSSR count). The van der Waals surface area contributed by atoms with Gasteiger partial charge >= 0.3 is 18.3 Å². The molecule has 0 unspecified atom stereocenters. The Balaban J connectivity index is 2.16. The van der Waals surface area contributed by atoms with Crippen molar-refractivity contribution < 1.29 is 40.3 Å². The molecule has 0 fully saturated rings. The smallest absolute Gasteiger partial charge is 0.416 e. The first kappa shape index (κ1) is 18.7. The van der Waals surface area contributed by atoms with Crippen LogP contribution in [-0.2, 0) is 17.1 Å². The average molecular weight is 389 g/mol. The van der Waals surface area contributed by atoms with Crippen LogP contribution in [0.15, 0.2) is 40.8 Å². The van der Waals surface area contributed by atoms with E-state index in [1.54, 1.807) is 0 Å². The van der Waals surface area contributed by atoms with Crippen LogP contribution >= 0.6 is 0 Å². The molecule has 2 aromatic carbocycles. The van der Waals surface area contributed by atoms with Gasteiger partial charge in [-0.1, -0.05) is 0 Å². The number of halogens is 6. The van der Waals surface area contributed by atoms with Crippen molar-refractivity contribution in [2.45, 2.75) is 12.4 Å². The molecule has 0 aliphatic rings. The van der Waals surface area contributed by atoms with Crippen molar-refractivity contribution in [2.75, 3.05) is 7.11 Å². The molecule has 4 nitrogen and oxygen atoms in total. The number of carbonyl (C=O) groups is 1. The van der Waals surface area contributed by atoms with Crippen LogP contribution in [0.1, 0.15) is 21.5 Å². The minimum absolute atomic E-state index is 0.0128. The van der Waals surface area contributed by atoms with Gasteiger partial charge in [-0.25, -0.2) is 9.78 Å². The monoisotopic (exact) mass is 389 g/mol. The molecule has 0 bridgehead atoms. The Morgan fingerprint density at radius 1 is 0.963 bits per heavy atom. The lowest BCUT2D eigenvalue weighted by molar-refractivity contribution is -0.143. The number of rotatable bonds is 2. The van der Waals surface area contributed by atoms with E-state index in [1.807, 2.05) is 0 Å². The number of ether oxygens (including phenoxy) is 1. The summed E-state index contributed by atoms with van der Waals surface area (Å²) in [5, 5.41) is 0. The van der Waals surface area contributed by atoms with Crippen molar-refractivity contribution in [2.24, 2.45) is 0 Å².